The molecular formula is C17H27Cl2NO2. The first-order chi connectivity index (χ1) is 9.98. The number of benzene rings is 1. The van der Waals surface area contributed by atoms with Crippen molar-refractivity contribution in [2.75, 3.05) is 13.2 Å². The Hall–Kier alpha value is -0.480. The molecule has 0 unspecified atom stereocenters. The largest absolute Gasteiger partial charge is 0.489 e. The van der Waals surface area contributed by atoms with Crippen LogP contribution in [0.4, 0.5) is 0 Å². The first-order valence-electron chi connectivity index (χ1n) is 7.49. The number of halogens is 2. The first-order valence-corrected chi connectivity index (χ1v) is 8.25. The van der Waals surface area contributed by atoms with Crippen molar-refractivity contribution < 1.29 is 9.84 Å². The second kappa shape index (κ2) is 7.87. The van der Waals surface area contributed by atoms with E-state index >= 15 is 0 Å². The van der Waals surface area contributed by atoms with Crippen molar-refractivity contribution in [3.8, 4) is 5.75 Å². The highest BCUT2D eigenvalue weighted by Crippen LogP contribution is 2.28. The first kappa shape index (κ1) is 19.6. The van der Waals surface area contributed by atoms with Crippen molar-refractivity contribution in [3.05, 3.63) is 28.2 Å². The van der Waals surface area contributed by atoms with Crippen LogP contribution in [0.5, 0.6) is 5.75 Å². The fraction of sp³-hybridized carbons (Fsp3) is 0.647. The molecule has 0 aromatic heterocycles. The van der Waals surface area contributed by atoms with E-state index in [1.807, 2.05) is 0 Å². The summed E-state index contributed by atoms with van der Waals surface area (Å²) < 4.78 is 5.54. The molecule has 1 aromatic rings. The molecular weight excluding hydrogens is 321 g/mol. The number of nitrogens with one attached hydrogen (secondary N) is 1. The second-order valence-corrected chi connectivity index (χ2v) is 8.39. The van der Waals surface area contributed by atoms with Gasteiger partial charge in [0.05, 0.1) is 5.02 Å². The Bertz CT molecular complexity index is 484. The molecule has 1 aromatic carbocycles. The van der Waals surface area contributed by atoms with E-state index in [2.05, 4.69) is 39.9 Å². The fourth-order valence-electron chi connectivity index (χ4n) is 2.62. The second-order valence-electron chi connectivity index (χ2n) is 7.54. The Morgan fingerprint density at radius 1 is 1.18 bits per heavy atom. The number of β-amino-alcohol motifs (C(OH)–C–C–N with tert-alkyl or cyclic N) is 1. The highest BCUT2D eigenvalue weighted by Gasteiger charge is 2.25. The Balaban J connectivity index is 2.42. The lowest BCUT2D eigenvalue weighted by molar-refractivity contribution is 0.0944. The maximum absolute atomic E-state index is 10.1. The molecule has 0 aliphatic carbocycles. The van der Waals surface area contributed by atoms with Crippen LogP contribution in [0.3, 0.4) is 0 Å². The van der Waals surface area contributed by atoms with Crippen molar-refractivity contribution >= 4 is 23.2 Å². The van der Waals surface area contributed by atoms with Crippen LogP contribution in [0.15, 0.2) is 18.2 Å². The lowest BCUT2D eigenvalue weighted by atomic mass is 9.82. The molecule has 3 nitrogen and oxygen atoms in total. The van der Waals surface area contributed by atoms with E-state index in [9.17, 15) is 5.11 Å². The van der Waals surface area contributed by atoms with Crippen LogP contribution in [0.2, 0.25) is 10.0 Å². The highest BCUT2D eigenvalue weighted by molar-refractivity contribution is 6.35. The van der Waals surface area contributed by atoms with E-state index in [1.54, 1.807) is 18.2 Å². The minimum atomic E-state index is -0.606. The van der Waals surface area contributed by atoms with Crippen LogP contribution in [0, 0.1) is 5.41 Å². The molecule has 126 valence electrons. The van der Waals surface area contributed by atoms with Crippen molar-refractivity contribution in [2.24, 2.45) is 5.41 Å². The van der Waals surface area contributed by atoms with Crippen LogP contribution >= 0.6 is 23.2 Å². The van der Waals surface area contributed by atoms with E-state index in [0.717, 1.165) is 6.42 Å². The zero-order valence-corrected chi connectivity index (χ0v) is 15.6. The van der Waals surface area contributed by atoms with Crippen LogP contribution in [0.25, 0.3) is 0 Å². The molecule has 5 heteroatoms. The van der Waals surface area contributed by atoms with Crippen molar-refractivity contribution in [2.45, 2.75) is 52.7 Å². The molecule has 0 bridgehead atoms. The summed E-state index contributed by atoms with van der Waals surface area (Å²) in [6.45, 7) is 11.5. The summed E-state index contributed by atoms with van der Waals surface area (Å²) in [5.41, 5.74) is 0.186. The van der Waals surface area contributed by atoms with Gasteiger partial charge in [-0.25, -0.2) is 0 Å². The third kappa shape index (κ3) is 7.68. The Kier molecular flexibility index (Phi) is 7.00. The number of ether oxygens (including phenoxy) is 1. The summed E-state index contributed by atoms with van der Waals surface area (Å²) in [5.74, 6) is 0.527. The SMILES string of the molecule is CC(C)(C)CC(C)(C)NC[C@@H](O)COc1ccc(Cl)cc1Cl. The van der Waals surface area contributed by atoms with Crippen LogP contribution < -0.4 is 10.1 Å². The summed E-state index contributed by atoms with van der Waals surface area (Å²) in [5, 5.41) is 14.5. The number of aliphatic hydroxyl groups is 1. The Morgan fingerprint density at radius 3 is 2.36 bits per heavy atom. The van der Waals surface area contributed by atoms with Gasteiger partial charge in [-0.2, -0.15) is 0 Å². The molecule has 22 heavy (non-hydrogen) atoms. The lowest BCUT2D eigenvalue weighted by Crippen LogP contribution is -2.46. The van der Waals surface area contributed by atoms with Crippen LogP contribution in [-0.4, -0.2) is 29.9 Å². The fourth-order valence-corrected chi connectivity index (χ4v) is 3.08. The van der Waals surface area contributed by atoms with Crippen LogP contribution in [-0.2, 0) is 0 Å². The molecule has 0 aliphatic heterocycles. The van der Waals surface area contributed by atoms with Gasteiger partial charge in [-0.15, -0.1) is 0 Å². The lowest BCUT2D eigenvalue weighted by Gasteiger charge is -2.34. The van der Waals surface area contributed by atoms with E-state index in [-0.39, 0.29) is 17.6 Å². The monoisotopic (exact) mass is 347 g/mol. The zero-order valence-electron chi connectivity index (χ0n) is 14.0. The molecule has 0 amide bonds. The Labute approximate surface area is 144 Å². The van der Waals surface area contributed by atoms with Gasteiger partial charge in [-0.3, -0.25) is 0 Å². The van der Waals surface area contributed by atoms with Gasteiger partial charge in [0.25, 0.3) is 0 Å². The predicted molar refractivity (Wildman–Crippen MR) is 94.1 cm³/mol. The van der Waals surface area contributed by atoms with E-state index < -0.39 is 6.10 Å². The number of hydrogen-bond donors (Lipinski definition) is 2. The molecule has 0 heterocycles. The molecule has 0 aliphatic rings. The topological polar surface area (TPSA) is 41.5 Å². The minimum Gasteiger partial charge on any atom is -0.489 e. The average Bonchev–Trinajstić information content (AvgIpc) is 2.32. The van der Waals surface area contributed by atoms with Gasteiger partial charge in [-0.1, -0.05) is 44.0 Å². The van der Waals surface area contributed by atoms with Crippen molar-refractivity contribution in [3.63, 3.8) is 0 Å². The van der Waals surface area contributed by atoms with Crippen molar-refractivity contribution in [1.82, 2.24) is 5.32 Å². The standard InChI is InChI=1S/C17H27Cl2NO2/c1-16(2,3)11-17(4,5)20-9-13(21)10-22-15-7-6-12(18)8-14(15)19/h6-8,13,20-21H,9-11H2,1-5H3/t13-/m1/s1. The predicted octanol–water partition coefficient (Wildman–Crippen LogP) is 4.54. The van der Waals surface area contributed by atoms with Gasteiger partial charge >= 0.3 is 0 Å². The quantitative estimate of drug-likeness (QED) is 0.760. The molecule has 1 rings (SSSR count). The minimum absolute atomic E-state index is 0.0445. The molecule has 0 saturated carbocycles. The number of aliphatic hydroxyl groups excluding tert-OH is 1. The molecule has 0 spiro atoms. The molecule has 0 fully saturated rings. The van der Waals surface area contributed by atoms with Gasteiger partial charge in [0.15, 0.2) is 0 Å². The van der Waals surface area contributed by atoms with Gasteiger partial charge in [0, 0.05) is 17.1 Å². The summed E-state index contributed by atoms with van der Waals surface area (Å²) >= 11 is 11.9. The van der Waals surface area contributed by atoms with Gasteiger partial charge in [0.1, 0.15) is 18.5 Å². The third-order valence-corrected chi connectivity index (χ3v) is 3.64. The van der Waals surface area contributed by atoms with E-state index in [4.69, 9.17) is 27.9 Å². The summed E-state index contributed by atoms with van der Waals surface area (Å²) in [6, 6.07) is 5.03. The number of rotatable bonds is 7. The van der Waals surface area contributed by atoms with E-state index in [1.165, 1.54) is 0 Å². The van der Waals surface area contributed by atoms with Gasteiger partial charge < -0.3 is 15.2 Å². The summed E-state index contributed by atoms with van der Waals surface area (Å²) in [7, 11) is 0. The van der Waals surface area contributed by atoms with Crippen LogP contribution in [0.1, 0.15) is 41.0 Å². The Morgan fingerprint density at radius 2 is 1.82 bits per heavy atom. The third-order valence-electron chi connectivity index (χ3n) is 3.11. The molecule has 0 saturated heterocycles. The molecule has 0 radical (unpaired) electrons. The maximum Gasteiger partial charge on any atom is 0.138 e. The van der Waals surface area contributed by atoms with Crippen molar-refractivity contribution in [1.29, 1.82) is 0 Å². The highest BCUT2D eigenvalue weighted by atomic mass is 35.5. The van der Waals surface area contributed by atoms with Gasteiger partial charge in [-0.05, 0) is 43.9 Å². The maximum atomic E-state index is 10.1. The molecule has 1 atom stereocenters. The summed E-state index contributed by atoms with van der Waals surface area (Å²) in [4.78, 5) is 0. The molecule has 2 N–H and O–H groups in total. The number of hydrogen-bond acceptors (Lipinski definition) is 3. The van der Waals surface area contributed by atoms with Gasteiger partial charge in [0.2, 0.25) is 0 Å². The zero-order chi connectivity index (χ0) is 17.0. The average molecular weight is 348 g/mol. The summed E-state index contributed by atoms with van der Waals surface area (Å²) in [6.07, 6.45) is 0.405. The van der Waals surface area contributed by atoms with E-state index in [0.29, 0.717) is 22.3 Å². The normalized spacial score (nSPS) is 14.0. The smallest absolute Gasteiger partial charge is 0.138 e.